The van der Waals surface area contributed by atoms with Crippen molar-refractivity contribution in [3.63, 3.8) is 0 Å². The van der Waals surface area contributed by atoms with Gasteiger partial charge in [0, 0.05) is 38.4 Å². The van der Waals surface area contributed by atoms with Crippen LogP contribution in [-0.4, -0.2) is 67.0 Å². The van der Waals surface area contributed by atoms with E-state index in [1.54, 1.807) is 9.80 Å². The number of anilines is 1. The average molecular weight is 436 g/mol. The highest BCUT2D eigenvalue weighted by Gasteiger charge is 2.48. The van der Waals surface area contributed by atoms with Crippen LogP contribution in [0, 0.1) is 17.2 Å². The first-order valence-electron chi connectivity index (χ1n) is 12.1. The summed E-state index contributed by atoms with van der Waals surface area (Å²) in [5.74, 6) is 0.657. The van der Waals surface area contributed by atoms with Crippen LogP contribution in [0.3, 0.4) is 0 Å². The number of rotatable bonds is 5. The van der Waals surface area contributed by atoms with Crippen molar-refractivity contribution < 1.29 is 9.59 Å². The first-order valence-corrected chi connectivity index (χ1v) is 12.1. The van der Waals surface area contributed by atoms with Gasteiger partial charge in [0.25, 0.3) is 0 Å². The molecule has 1 aromatic rings. The molecule has 7 heteroatoms. The van der Waals surface area contributed by atoms with E-state index in [1.807, 2.05) is 11.9 Å². The van der Waals surface area contributed by atoms with E-state index in [1.165, 1.54) is 24.8 Å². The first kappa shape index (κ1) is 21.3. The Labute approximate surface area is 190 Å². The van der Waals surface area contributed by atoms with Crippen molar-refractivity contribution in [2.45, 2.75) is 62.4 Å². The second-order valence-electron chi connectivity index (χ2n) is 10.1. The van der Waals surface area contributed by atoms with E-state index < -0.39 is 0 Å². The molecule has 32 heavy (non-hydrogen) atoms. The Hall–Kier alpha value is -2.59. The summed E-state index contributed by atoms with van der Waals surface area (Å²) >= 11 is 0. The lowest BCUT2D eigenvalue weighted by Gasteiger charge is -2.33. The summed E-state index contributed by atoms with van der Waals surface area (Å²) < 4.78 is 0. The number of fused-ring (bicyclic) bond motifs is 2. The molecule has 170 valence electrons. The Kier molecular flexibility index (Phi) is 5.58. The number of hydrogen-bond donors (Lipinski definition) is 1. The molecule has 2 saturated heterocycles. The van der Waals surface area contributed by atoms with Crippen LogP contribution in [-0.2, 0) is 10.2 Å². The van der Waals surface area contributed by atoms with Crippen LogP contribution in [0.5, 0.6) is 0 Å². The number of carbonyl (C=O) groups is 2. The first-order chi connectivity index (χ1) is 15.5. The van der Waals surface area contributed by atoms with E-state index in [4.69, 9.17) is 0 Å². The van der Waals surface area contributed by atoms with Crippen LogP contribution >= 0.6 is 0 Å². The molecular weight excluding hydrogens is 402 g/mol. The number of carbonyl (C=O) groups excluding carboxylic acids is 2. The Bertz CT molecular complexity index is 925. The number of likely N-dealkylation sites (N-methyl/N-ethyl adjacent to an activating group) is 1. The molecule has 3 amide bonds. The molecule has 0 aromatic heterocycles. The van der Waals surface area contributed by atoms with E-state index in [9.17, 15) is 14.9 Å². The van der Waals surface area contributed by atoms with Gasteiger partial charge in [0.15, 0.2) is 0 Å². The number of amides is 3. The lowest BCUT2D eigenvalue weighted by Crippen LogP contribution is -2.44. The summed E-state index contributed by atoms with van der Waals surface area (Å²) in [6.07, 6.45) is 7.55. The van der Waals surface area contributed by atoms with Gasteiger partial charge < -0.3 is 15.1 Å². The number of benzene rings is 1. The Morgan fingerprint density at radius 3 is 2.69 bits per heavy atom. The summed E-state index contributed by atoms with van der Waals surface area (Å²) in [4.78, 5) is 30.4. The van der Waals surface area contributed by atoms with Crippen molar-refractivity contribution in [1.82, 2.24) is 15.1 Å². The van der Waals surface area contributed by atoms with Gasteiger partial charge in [0.1, 0.15) is 6.04 Å². The highest BCUT2D eigenvalue weighted by atomic mass is 16.2. The minimum absolute atomic E-state index is 0.0640. The molecule has 4 fully saturated rings. The van der Waals surface area contributed by atoms with Gasteiger partial charge in [0.2, 0.25) is 5.91 Å². The van der Waals surface area contributed by atoms with Crippen LogP contribution in [0.15, 0.2) is 24.3 Å². The van der Waals surface area contributed by atoms with Crippen molar-refractivity contribution in [3.8, 4) is 6.07 Å². The van der Waals surface area contributed by atoms with Crippen molar-refractivity contribution in [2.24, 2.45) is 5.92 Å². The predicted octanol–water partition coefficient (Wildman–Crippen LogP) is 2.86. The molecule has 3 unspecified atom stereocenters. The molecule has 1 aromatic carbocycles. The van der Waals surface area contributed by atoms with Crippen molar-refractivity contribution in [3.05, 3.63) is 29.8 Å². The second-order valence-corrected chi connectivity index (χ2v) is 10.1. The zero-order chi connectivity index (χ0) is 22.3. The number of hydrogen-bond acceptors (Lipinski definition) is 4. The van der Waals surface area contributed by atoms with Crippen LogP contribution in [0.25, 0.3) is 0 Å². The lowest BCUT2D eigenvalue weighted by molar-refractivity contribution is -0.130. The van der Waals surface area contributed by atoms with Crippen LogP contribution < -0.4 is 10.2 Å². The van der Waals surface area contributed by atoms with Crippen molar-refractivity contribution in [1.29, 1.82) is 5.26 Å². The molecule has 4 aliphatic rings. The van der Waals surface area contributed by atoms with Gasteiger partial charge in [-0.05, 0) is 67.6 Å². The maximum absolute atomic E-state index is 12.7. The minimum atomic E-state index is -0.251. The smallest absolute Gasteiger partial charge is 0.324 e. The monoisotopic (exact) mass is 435 g/mol. The van der Waals surface area contributed by atoms with Crippen LogP contribution in [0.2, 0.25) is 0 Å². The fourth-order valence-electron chi connectivity index (χ4n) is 6.55. The molecule has 2 aliphatic carbocycles. The fraction of sp³-hybridized carbons (Fsp3) is 0.640. The Balaban J connectivity index is 1.25. The van der Waals surface area contributed by atoms with Gasteiger partial charge in [-0.3, -0.25) is 9.69 Å². The molecule has 2 heterocycles. The zero-order valence-electron chi connectivity index (χ0n) is 18.9. The molecule has 7 nitrogen and oxygen atoms in total. The summed E-state index contributed by atoms with van der Waals surface area (Å²) in [5, 5.41) is 12.9. The molecule has 1 N–H and O–H groups in total. The Morgan fingerprint density at radius 1 is 1.16 bits per heavy atom. The van der Waals surface area contributed by atoms with Gasteiger partial charge in [-0.25, -0.2) is 4.79 Å². The lowest BCUT2D eigenvalue weighted by atomic mass is 9.71. The summed E-state index contributed by atoms with van der Waals surface area (Å²) in [5.41, 5.74) is 2.50. The molecule has 0 spiro atoms. The molecule has 5 rings (SSSR count). The summed E-state index contributed by atoms with van der Waals surface area (Å²) in [7, 11) is 1.85. The standard InChI is InChI=1S/C25H33N5O2/c1-28-12-13-30(24(28)32)20-8-6-19(7-9-20)25-10-2-4-18(14-25)22(15-25)27-17-23(31)29-11-3-5-21(29)16-26/h6-9,18,21-22,27H,2-5,10-15,17H2,1H3/t18?,21-,22?,25?/m0/s1. The van der Waals surface area contributed by atoms with Gasteiger partial charge >= 0.3 is 6.03 Å². The maximum atomic E-state index is 12.7. The van der Waals surface area contributed by atoms with E-state index in [0.29, 0.717) is 25.0 Å². The topological polar surface area (TPSA) is 79.7 Å². The second kappa shape index (κ2) is 8.40. The molecule has 2 bridgehead atoms. The van der Waals surface area contributed by atoms with Gasteiger partial charge in [-0.15, -0.1) is 0 Å². The largest absolute Gasteiger partial charge is 0.326 e. The maximum Gasteiger partial charge on any atom is 0.324 e. The third-order valence-corrected chi connectivity index (χ3v) is 8.31. The predicted molar refractivity (Wildman–Crippen MR) is 122 cm³/mol. The highest BCUT2D eigenvalue weighted by Crippen LogP contribution is 2.53. The third-order valence-electron chi connectivity index (χ3n) is 8.31. The number of likely N-dealkylation sites (tertiary alicyclic amines) is 1. The number of urea groups is 1. The van der Waals surface area contributed by atoms with Crippen molar-refractivity contribution >= 4 is 17.6 Å². The van der Waals surface area contributed by atoms with Gasteiger partial charge in [-0.1, -0.05) is 18.6 Å². The Morgan fingerprint density at radius 2 is 1.97 bits per heavy atom. The van der Waals surface area contributed by atoms with Gasteiger partial charge in [-0.2, -0.15) is 5.26 Å². The molecule has 0 radical (unpaired) electrons. The van der Waals surface area contributed by atoms with Crippen molar-refractivity contribution in [2.75, 3.05) is 38.1 Å². The van der Waals surface area contributed by atoms with Crippen LogP contribution in [0.1, 0.15) is 50.5 Å². The third kappa shape index (κ3) is 3.65. The quantitative estimate of drug-likeness (QED) is 0.771. The van der Waals surface area contributed by atoms with Crippen LogP contribution in [0.4, 0.5) is 10.5 Å². The van der Waals surface area contributed by atoms with Gasteiger partial charge in [0.05, 0.1) is 12.6 Å². The zero-order valence-corrected chi connectivity index (χ0v) is 18.9. The average Bonchev–Trinajstić information content (AvgIpc) is 3.49. The highest BCUT2D eigenvalue weighted by molar-refractivity contribution is 5.93. The fourth-order valence-corrected chi connectivity index (χ4v) is 6.55. The van der Waals surface area contributed by atoms with E-state index in [0.717, 1.165) is 44.5 Å². The normalized spacial score (nSPS) is 31.9. The van der Waals surface area contributed by atoms with E-state index in [2.05, 4.69) is 35.7 Å². The molecular formula is C25H33N5O2. The number of nitrogens with one attached hydrogen (secondary N) is 1. The number of nitriles is 1. The summed E-state index contributed by atoms with van der Waals surface area (Å²) in [6, 6.07) is 11.1. The minimum Gasteiger partial charge on any atom is -0.326 e. The molecule has 4 atom stereocenters. The SMILES string of the molecule is CN1CCN(c2ccc(C34CCCC(C3)C(NCC(=O)N3CCC[C@H]3C#N)C4)cc2)C1=O. The molecule has 2 aliphatic heterocycles. The molecule has 2 saturated carbocycles. The van der Waals surface area contributed by atoms with E-state index in [-0.39, 0.29) is 23.4 Å². The summed E-state index contributed by atoms with van der Waals surface area (Å²) in [6.45, 7) is 2.55. The van der Waals surface area contributed by atoms with E-state index >= 15 is 0 Å². The number of nitrogens with zero attached hydrogens (tertiary/aromatic N) is 4.